The zero-order valence-corrected chi connectivity index (χ0v) is 10.7. The Morgan fingerprint density at radius 3 is 3.12 bits per heavy atom. The van der Waals surface area contributed by atoms with Gasteiger partial charge in [-0.2, -0.15) is 0 Å². The summed E-state index contributed by atoms with van der Waals surface area (Å²) >= 11 is 7.40. The van der Waals surface area contributed by atoms with Gasteiger partial charge in [0.15, 0.2) is 5.13 Å². The molecule has 4 nitrogen and oxygen atoms in total. The van der Waals surface area contributed by atoms with Crippen molar-refractivity contribution in [1.82, 2.24) is 4.98 Å². The minimum absolute atomic E-state index is 0.0440. The van der Waals surface area contributed by atoms with Crippen molar-refractivity contribution >= 4 is 28.1 Å². The predicted octanol–water partition coefficient (Wildman–Crippen LogP) is 1.90. The molecule has 2 rings (SSSR count). The molecule has 0 spiro atoms. The van der Waals surface area contributed by atoms with Gasteiger partial charge >= 0.3 is 0 Å². The van der Waals surface area contributed by atoms with Gasteiger partial charge in [-0.15, -0.1) is 0 Å². The third kappa shape index (κ3) is 2.32. The number of anilines is 1. The number of nitrogens with zero attached hydrogens (tertiary/aromatic N) is 2. The summed E-state index contributed by atoms with van der Waals surface area (Å²) in [6, 6.07) is 0.363. The third-order valence-corrected chi connectivity index (χ3v) is 4.23. The lowest BCUT2D eigenvalue weighted by atomic mass is 10.2. The SMILES string of the molecule is CCC1COCCN1c1nc(Cl)c(CO)s1. The summed E-state index contributed by atoms with van der Waals surface area (Å²) in [5, 5.41) is 10.4. The molecular weight excluding hydrogens is 248 g/mol. The maximum Gasteiger partial charge on any atom is 0.187 e. The van der Waals surface area contributed by atoms with Crippen LogP contribution in [-0.4, -0.2) is 35.9 Å². The molecule has 1 aliphatic rings. The Morgan fingerprint density at radius 2 is 2.50 bits per heavy atom. The van der Waals surface area contributed by atoms with Crippen LogP contribution in [0.25, 0.3) is 0 Å². The molecule has 1 fully saturated rings. The lowest BCUT2D eigenvalue weighted by molar-refractivity contribution is 0.0930. The second-order valence-electron chi connectivity index (χ2n) is 3.70. The molecule has 2 heterocycles. The lowest BCUT2D eigenvalue weighted by Crippen LogP contribution is -2.45. The molecule has 0 aliphatic carbocycles. The van der Waals surface area contributed by atoms with Crippen molar-refractivity contribution in [3.63, 3.8) is 0 Å². The molecule has 1 atom stereocenters. The number of ether oxygens (including phenoxy) is 1. The molecular formula is C10H15ClN2O2S. The number of rotatable bonds is 3. The normalized spacial score (nSPS) is 21.4. The van der Waals surface area contributed by atoms with Crippen molar-refractivity contribution in [3.05, 3.63) is 10.0 Å². The molecule has 1 unspecified atom stereocenters. The maximum atomic E-state index is 9.10. The lowest BCUT2D eigenvalue weighted by Gasteiger charge is -2.34. The first-order chi connectivity index (χ1) is 7.76. The third-order valence-electron chi connectivity index (χ3n) is 2.73. The smallest absolute Gasteiger partial charge is 0.187 e. The molecule has 1 aliphatic heterocycles. The predicted molar refractivity (Wildman–Crippen MR) is 65.3 cm³/mol. The molecule has 1 aromatic heterocycles. The van der Waals surface area contributed by atoms with Crippen molar-refractivity contribution < 1.29 is 9.84 Å². The van der Waals surface area contributed by atoms with Gasteiger partial charge in [0.05, 0.1) is 30.7 Å². The van der Waals surface area contributed by atoms with Crippen LogP contribution in [0.4, 0.5) is 5.13 Å². The van der Waals surface area contributed by atoms with Crippen molar-refractivity contribution in [2.24, 2.45) is 0 Å². The standard InChI is InChI=1S/C10H15ClN2O2S/c1-2-7-6-15-4-3-13(7)10-12-9(11)8(5-14)16-10/h7,14H,2-6H2,1H3. The van der Waals surface area contributed by atoms with Gasteiger partial charge in [0.2, 0.25) is 0 Å². The summed E-state index contributed by atoms with van der Waals surface area (Å²) in [5.74, 6) is 0. The molecule has 0 aromatic carbocycles. The topological polar surface area (TPSA) is 45.6 Å². The van der Waals surface area contributed by atoms with Gasteiger partial charge in [-0.25, -0.2) is 4.98 Å². The quantitative estimate of drug-likeness (QED) is 0.904. The van der Waals surface area contributed by atoms with Crippen LogP contribution < -0.4 is 4.90 Å². The van der Waals surface area contributed by atoms with E-state index in [-0.39, 0.29) is 6.61 Å². The molecule has 0 amide bonds. The maximum absolute atomic E-state index is 9.10. The number of aliphatic hydroxyl groups is 1. The Labute approximate surface area is 104 Å². The van der Waals surface area contributed by atoms with Crippen LogP contribution in [0.1, 0.15) is 18.2 Å². The van der Waals surface area contributed by atoms with Gasteiger partial charge < -0.3 is 14.7 Å². The zero-order valence-electron chi connectivity index (χ0n) is 9.15. The van der Waals surface area contributed by atoms with E-state index >= 15 is 0 Å². The van der Waals surface area contributed by atoms with Gasteiger partial charge in [-0.3, -0.25) is 0 Å². The second-order valence-corrected chi connectivity index (χ2v) is 5.12. The van der Waals surface area contributed by atoms with Gasteiger partial charge in [0, 0.05) is 6.54 Å². The zero-order chi connectivity index (χ0) is 11.5. The van der Waals surface area contributed by atoms with Crippen molar-refractivity contribution in [3.8, 4) is 0 Å². The van der Waals surface area contributed by atoms with Crippen LogP contribution in [-0.2, 0) is 11.3 Å². The largest absolute Gasteiger partial charge is 0.391 e. The van der Waals surface area contributed by atoms with Crippen LogP contribution in [0.2, 0.25) is 5.15 Å². The second kappa shape index (κ2) is 5.31. The van der Waals surface area contributed by atoms with Crippen LogP contribution in [0.15, 0.2) is 0 Å². The Balaban J connectivity index is 2.20. The van der Waals surface area contributed by atoms with E-state index in [1.807, 2.05) is 0 Å². The highest BCUT2D eigenvalue weighted by Gasteiger charge is 2.25. The number of aliphatic hydroxyl groups excluding tert-OH is 1. The van der Waals surface area contributed by atoms with Crippen molar-refractivity contribution in [2.75, 3.05) is 24.7 Å². The van der Waals surface area contributed by atoms with E-state index < -0.39 is 0 Å². The Morgan fingerprint density at radius 1 is 1.69 bits per heavy atom. The average molecular weight is 263 g/mol. The van der Waals surface area contributed by atoms with Gasteiger partial charge in [-0.1, -0.05) is 29.9 Å². The Hall–Kier alpha value is -0.360. The first-order valence-corrected chi connectivity index (χ1v) is 6.56. The number of morpholine rings is 1. The average Bonchev–Trinajstić information content (AvgIpc) is 2.70. The number of hydrogen-bond donors (Lipinski definition) is 1. The number of aromatic nitrogens is 1. The van der Waals surface area contributed by atoms with E-state index in [0.717, 1.165) is 36.2 Å². The van der Waals surface area contributed by atoms with Crippen molar-refractivity contribution in [1.29, 1.82) is 0 Å². The van der Waals surface area contributed by atoms with Crippen LogP contribution in [0.3, 0.4) is 0 Å². The Bertz CT molecular complexity index is 359. The minimum atomic E-state index is -0.0440. The molecule has 6 heteroatoms. The molecule has 0 saturated carbocycles. The Kier molecular flexibility index (Phi) is 4.02. The highest BCUT2D eigenvalue weighted by Crippen LogP contribution is 2.31. The molecule has 90 valence electrons. The molecule has 0 bridgehead atoms. The van der Waals surface area contributed by atoms with Crippen molar-refractivity contribution in [2.45, 2.75) is 26.0 Å². The number of thiazole rings is 1. The van der Waals surface area contributed by atoms with E-state index in [0.29, 0.717) is 11.2 Å². The summed E-state index contributed by atoms with van der Waals surface area (Å²) in [4.78, 5) is 7.25. The minimum Gasteiger partial charge on any atom is -0.391 e. The van der Waals surface area contributed by atoms with E-state index in [1.165, 1.54) is 11.3 Å². The fourth-order valence-corrected chi connectivity index (χ4v) is 3.00. The summed E-state index contributed by atoms with van der Waals surface area (Å²) in [7, 11) is 0. The molecule has 16 heavy (non-hydrogen) atoms. The monoisotopic (exact) mass is 262 g/mol. The van der Waals surface area contributed by atoms with Crippen LogP contribution >= 0.6 is 22.9 Å². The number of halogens is 1. The fourth-order valence-electron chi connectivity index (χ4n) is 1.79. The molecule has 1 saturated heterocycles. The van der Waals surface area contributed by atoms with Gasteiger partial charge in [0.25, 0.3) is 0 Å². The first-order valence-electron chi connectivity index (χ1n) is 5.36. The summed E-state index contributed by atoms with van der Waals surface area (Å²) in [6.45, 7) is 4.39. The highest BCUT2D eigenvalue weighted by atomic mass is 35.5. The van der Waals surface area contributed by atoms with E-state index in [9.17, 15) is 0 Å². The molecule has 1 N–H and O–H groups in total. The summed E-state index contributed by atoms with van der Waals surface area (Å²) < 4.78 is 5.44. The van der Waals surface area contributed by atoms with Crippen LogP contribution in [0, 0.1) is 0 Å². The molecule has 0 radical (unpaired) electrons. The van der Waals surface area contributed by atoms with Gasteiger partial charge in [-0.05, 0) is 6.42 Å². The first kappa shape index (κ1) is 12.1. The van der Waals surface area contributed by atoms with E-state index in [1.54, 1.807) is 0 Å². The summed E-state index contributed by atoms with van der Waals surface area (Å²) in [5.41, 5.74) is 0. The highest BCUT2D eigenvalue weighted by molar-refractivity contribution is 7.16. The molecule has 1 aromatic rings. The summed E-state index contributed by atoms with van der Waals surface area (Å²) in [6.07, 6.45) is 1.02. The van der Waals surface area contributed by atoms with E-state index in [4.69, 9.17) is 21.4 Å². The fraction of sp³-hybridized carbons (Fsp3) is 0.700. The van der Waals surface area contributed by atoms with Gasteiger partial charge in [0.1, 0.15) is 5.15 Å². The number of hydrogen-bond acceptors (Lipinski definition) is 5. The van der Waals surface area contributed by atoms with E-state index in [2.05, 4.69) is 16.8 Å². The van der Waals surface area contributed by atoms with Crippen LogP contribution in [0.5, 0.6) is 0 Å².